The van der Waals surface area contributed by atoms with Gasteiger partial charge in [-0.15, -0.1) is 0 Å². The van der Waals surface area contributed by atoms with Crippen molar-refractivity contribution in [2.24, 2.45) is 5.73 Å². The van der Waals surface area contributed by atoms with Crippen LogP contribution in [0.4, 0.5) is 0 Å². The van der Waals surface area contributed by atoms with Crippen molar-refractivity contribution in [2.75, 3.05) is 0 Å². The highest BCUT2D eigenvalue weighted by molar-refractivity contribution is 5.37. The number of ether oxygens (including phenoxy) is 1. The second kappa shape index (κ2) is 3.56. The molecule has 0 amide bonds. The average Bonchev–Trinajstić information content (AvgIpc) is 1.88. The molecule has 1 aliphatic rings. The zero-order chi connectivity index (χ0) is 7.40. The Kier molecular flexibility index (Phi) is 2.68. The second-order valence-electron chi connectivity index (χ2n) is 2.78. The Balaban J connectivity index is 2.24. The number of carbonyl (C=O) groups excluding carboxylic acids is 1. The first-order valence-electron chi connectivity index (χ1n) is 3.67. The van der Waals surface area contributed by atoms with Crippen LogP contribution < -0.4 is 5.73 Å². The quantitative estimate of drug-likeness (QED) is 0.570. The van der Waals surface area contributed by atoms with Gasteiger partial charge in [0, 0.05) is 6.04 Å². The number of hydrogen-bond acceptors (Lipinski definition) is 3. The fraction of sp³-hybridized carbons (Fsp3) is 0.857. The van der Waals surface area contributed by atoms with Crippen LogP contribution in [0.25, 0.3) is 0 Å². The van der Waals surface area contributed by atoms with Gasteiger partial charge in [-0.05, 0) is 25.7 Å². The van der Waals surface area contributed by atoms with Crippen LogP contribution >= 0.6 is 0 Å². The first kappa shape index (κ1) is 7.54. The average molecular weight is 143 g/mol. The summed E-state index contributed by atoms with van der Waals surface area (Å²) in [5.74, 6) is 0. The topological polar surface area (TPSA) is 52.3 Å². The number of nitrogens with two attached hydrogens (primary N) is 1. The molecule has 0 aromatic rings. The van der Waals surface area contributed by atoms with Crippen molar-refractivity contribution in [1.29, 1.82) is 0 Å². The van der Waals surface area contributed by atoms with Crippen LogP contribution in [-0.4, -0.2) is 18.6 Å². The van der Waals surface area contributed by atoms with E-state index in [0.29, 0.717) is 6.47 Å². The van der Waals surface area contributed by atoms with E-state index in [2.05, 4.69) is 0 Å². The molecule has 0 radical (unpaired) electrons. The van der Waals surface area contributed by atoms with E-state index in [-0.39, 0.29) is 12.1 Å². The van der Waals surface area contributed by atoms with Gasteiger partial charge in [0.1, 0.15) is 6.10 Å². The Labute approximate surface area is 60.5 Å². The molecule has 1 aliphatic carbocycles. The van der Waals surface area contributed by atoms with Gasteiger partial charge in [-0.2, -0.15) is 0 Å². The molecule has 0 saturated heterocycles. The van der Waals surface area contributed by atoms with E-state index in [9.17, 15) is 4.79 Å². The lowest BCUT2D eigenvalue weighted by molar-refractivity contribution is -0.135. The molecule has 1 fully saturated rings. The summed E-state index contributed by atoms with van der Waals surface area (Å²) in [6.07, 6.45) is 4.05. The summed E-state index contributed by atoms with van der Waals surface area (Å²) in [5, 5.41) is 0. The third kappa shape index (κ3) is 1.99. The lowest BCUT2D eigenvalue weighted by Gasteiger charge is -2.24. The number of hydrogen-bond donors (Lipinski definition) is 1. The predicted octanol–water partition coefficient (Wildman–Crippen LogP) is 0.429. The summed E-state index contributed by atoms with van der Waals surface area (Å²) in [7, 11) is 0. The van der Waals surface area contributed by atoms with Crippen molar-refractivity contribution >= 4 is 6.47 Å². The minimum absolute atomic E-state index is 0.0845. The van der Waals surface area contributed by atoms with Gasteiger partial charge < -0.3 is 10.5 Å². The largest absolute Gasteiger partial charge is 0.465 e. The third-order valence-electron chi connectivity index (χ3n) is 1.91. The van der Waals surface area contributed by atoms with Crippen LogP contribution in [0.15, 0.2) is 0 Å². The molecule has 2 atom stereocenters. The summed E-state index contributed by atoms with van der Waals surface area (Å²) in [5.41, 5.74) is 5.66. The summed E-state index contributed by atoms with van der Waals surface area (Å²) in [6.45, 7) is 0.517. The first-order chi connectivity index (χ1) is 4.83. The smallest absolute Gasteiger partial charge is 0.293 e. The van der Waals surface area contributed by atoms with E-state index < -0.39 is 0 Å². The molecule has 2 N–H and O–H groups in total. The van der Waals surface area contributed by atoms with Crippen LogP contribution in [0.2, 0.25) is 0 Å². The minimum atomic E-state index is 0.0845. The van der Waals surface area contributed by atoms with Gasteiger partial charge in [0.25, 0.3) is 6.47 Å². The van der Waals surface area contributed by atoms with Crippen molar-refractivity contribution in [3.8, 4) is 0 Å². The standard InChI is InChI=1S/C7H13NO2/c8-6-2-1-3-7(4-6)10-5-9/h5-7H,1-4,8H2/t6-,7-/m0/s1. The van der Waals surface area contributed by atoms with Crippen LogP contribution in [0.1, 0.15) is 25.7 Å². The molecule has 0 aromatic carbocycles. The maximum Gasteiger partial charge on any atom is 0.293 e. The molecular weight excluding hydrogens is 130 g/mol. The van der Waals surface area contributed by atoms with Crippen LogP contribution in [0.5, 0.6) is 0 Å². The van der Waals surface area contributed by atoms with E-state index in [1.165, 1.54) is 0 Å². The van der Waals surface area contributed by atoms with E-state index in [0.717, 1.165) is 25.7 Å². The molecule has 0 bridgehead atoms. The van der Waals surface area contributed by atoms with Crippen LogP contribution in [0.3, 0.4) is 0 Å². The van der Waals surface area contributed by atoms with Gasteiger partial charge in [-0.25, -0.2) is 0 Å². The molecule has 58 valence electrons. The summed E-state index contributed by atoms with van der Waals surface area (Å²) in [6, 6.07) is 0.235. The van der Waals surface area contributed by atoms with Gasteiger partial charge in [0.2, 0.25) is 0 Å². The minimum Gasteiger partial charge on any atom is -0.465 e. The molecular formula is C7H13NO2. The molecule has 10 heavy (non-hydrogen) atoms. The lowest BCUT2D eigenvalue weighted by atomic mass is 9.94. The zero-order valence-electron chi connectivity index (χ0n) is 5.95. The third-order valence-corrected chi connectivity index (χ3v) is 1.91. The second-order valence-corrected chi connectivity index (χ2v) is 2.78. The van der Waals surface area contributed by atoms with Crippen molar-refractivity contribution in [3.63, 3.8) is 0 Å². The van der Waals surface area contributed by atoms with E-state index in [1.807, 2.05) is 0 Å². The van der Waals surface area contributed by atoms with Gasteiger partial charge in [-0.3, -0.25) is 4.79 Å². The normalized spacial score (nSPS) is 33.3. The highest BCUT2D eigenvalue weighted by Crippen LogP contribution is 2.18. The molecule has 0 aromatic heterocycles. The van der Waals surface area contributed by atoms with Gasteiger partial charge in [-0.1, -0.05) is 0 Å². The fourth-order valence-electron chi connectivity index (χ4n) is 1.38. The van der Waals surface area contributed by atoms with Gasteiger partial charge >= 0.3 is 0 Å². The maximum atomic E-state index is 9.92. The monoisotopic (exact) mass is 143 g/mol. The molecule has 0 heterocycles. The van der Waals surface area contributed by atoms with Gasteiger partial charge in [0.05, 0.1) is 0 Å². The number of carbonyl (C=O) groups is 1. The molecule has 0 aliphatic heterocycles. The van der Waals surface area contributed by atoms with Crippen molar-refractivity contribution in [2.45, 2.75) is 37.8 Å². The Morgan fingerprint density at radius 1 is 1.50 bits per heavy atom. The van der Waals surface area contributed by atoms with Gasteiger partial charge in [0.15, 0.2) is 0 Å². The summed E-state index contributed by atoms with van der Waals surface area (Å²) in [4.78, 5) is 9.92. The molecule has 1 saturated carbocycles. The summed E-state index contributed by atoms with van der Waals surface area (Å²) < 4.78 is 4.79. The molecule has 0 spiro atoms. The fourth-order valence-corrected chi connectivity index (χ4v) is 1.38. The summed E-state index contributed by atoms with van der Waals surface area (Å²) >= 11 is 0. The molecule has 3 heteroatoms. The highest BCUT2D eigenvalue weighted by atomic mass is 16.5. The Morgan fingerprint density at radius 2 is 2.30 bits per heavy atom. The highest BCUT2D eigenvalue weighted by Gasteiger charge is 2.19. The van der Waals surface area contributed by atoms with Crippen LogP contribution in [0, 0.1) is 0 Å². The predicted molar refractivity (Wildman–Crippen MR) is 37.4 cm³/mol. The van der Waals surface area contributed by atoms with Crippen molar-refractivity contribution < 1.29 is 9.53 Å². The first-order valence-corrected chi connectivity index (χ1v) is 3.67. The van der Waals surface area contributed by atoms with Crippen molar-refractivity contribution in [1.82, 2.24) is 0 Å². The maximum absolute atomic E-state index is 9.92. The Hall–Kier alpha value is -0.570. The van der Waals surface area contributed by atoms with E-state index in [4.69, 9.17) is 10.5 Å². The van der Waals surface area contributed by atoms with E-state index >= 15 is 0 Å². The van der Waals surface area contributed by atoms with Crippen LogP contribution in [-0.2, 0) is 9.53 Å². The zero-order valence-corrected chi connectivity index (χ0v) is 5.95. The number of rotatable bonds is 2. The molecule has 0 unspecified atom stereocenters. The molecule has 3 nitrogen and oxygen atoms in total. The van der Waals surface area contributed by atoms with E-state index in [1.54, 1.807) is 0 Å². The van der Waals surface area contributed by atoms with Crippen molar-refractivity contribution in [3.05, 3.63) is 0 Å². The Morgan fingerprint density at radius 3 is 2.90 bits per heavy atom. The molecule has 1 rings (SSSR count). The lowest BCUT2D eigenvalue weighted by Crippen LogP contribution is -2.31. The SMILES string of the molecule is N[C@H]1CCC[C@H](OC=O)C1. The Bertz CT molecular complexity index is 116.